The molecular formula is C21H26ClN3O. The average Bonchev–Trinajstić information content (AvgIpc) is 2.66. The number of carbonyl (C=O) groups excluding carboxylic acids is 1. The Labute approximate surface area is 160 Å². The molecule has 1 aliphatic rings. The molecule has 2 unspecified atom stereocenters. The van der Waals surface area contributed by atoms with Crippen LogP contribution in [0.25, 0.3) is 0 Å². The topological polar surface area (TPSA) is 49.6 Å². The van der Waals surface area contributed by atoms with E-state index in [2.05, 4.69) is 41.8 Å². The zero-order valence-corrected chi connectivity index (χ0v) is 16.1. The van der Waals surface area contributed by atoms with Crippen molar-refractivity contribution in [3.63, 3.8) is 0 Å². The quantitative estimate of drug-likeness (QED) is 0.819. The summed E-state index contributed by atoms with van der Waals surface area (Å²) in [6.07, 6.45) is 0.866. The normalized spacial score (nSPS) is 17.8. The molecule has 2 aromatic rings. The summed E-state index contributed by atoms with van der Waals surface area (Å²) in [5.74, 6) is 0. The minimum Gasteiger partial charge on any atom is -0.369 e. The Kier molecular flexibility index (Phi) is 5.97. The molecule has 0 saturated carbocycles. The number of rotatable bonds is 5. The second-order valence-corrected chi connectivity index (χ2v) is 7.41. The van der Waals surface area contributed by atoms with Crippen molar-refractivity contribution in [1.29, 1.82) is 0 Å². The van der Waals surface area contributed by atoms with Crippen molar-refractivity contribution in [1.82, 2.24) is 4.90 Å². The average molecular weight is 372 g/mol. The molecule has 26 heavy (non-hydrogen) atoms. The van der Waals surface area contributed by atoms with Crippen LogP contribution in [-0.4, -0.2) is 43.4 Å². The van der Waals surface area contributed by atoms with Gasteiger partial charge in [0, 0.05) is 36.9 Å². The second-order valence-electron chi connectivity index (χ2n) is 6.97. The maximum atomic E-state index is 11.5. The van der Waals surface area contributed by atoms with E-state index in [1.54, 1.807) is 0 Å². The molecule has 0 spiro atoms. The van der Waals surface area contributed by atoms with Crippen LogP contribution in [0.3, 0.4) is 0 Å². The Morgan fingerprint density at radius 3 is 2.38 bits per heavy atom. The van der Waals surface area contributed by atoms with Gasteiger partial charge in [-0.05, 0) is 42.7 Å². The minimum atomic E-state index is -0.532. The van der Waals surface area contributed by atoms with Crippen LogP contribution in [0.1, 0.15) is 22.7 Å². The number of nitrogens with two attached hydrogens (primary N) is 1. The van der Waals surface area contributed by atoms with Crippen LogP contribution in [0.4, 0.5) is 5.69 Å². The van der Waals surface area contributed by atoms with Gasteiger partial charge < -0.3 is 15.4 Å². The van der Waals surface area contributed by atoms with E-state index in [-0.39, 0.29) is 6.04 Å². The van der Waals surface area contributed by atoms with Gasteiger partial charge in [0.15, 0.2) is 0 Å². The highest BCUT2D eigenvalue weighted by Gasteiger charge is 2.30. The fourth-order valence-corrected chi connectivity index (χ4v) is 3.97. The van der Waals surface area contributed by atoms with Gasteiger partial charge in [-0.15, -0.1) is 0 Å². The van der Waals surface area contributed by atoms with Crippen LogP contribution in [0, 0.1) is 13.8 Å². The molecule has 2 N–H and O–H groups in total. The lowest BCUT2D eigenvalue weighted by Crippen LogP contribution is -2.52. The van der Waals surface area contributed by atoms with E-state index in [9.17, 15) is 4.79 Å². The zero-order valence-electron chi connectivity index (χ0n) is 15.4. The number of aldehydes is 1. The van der Waals surface area contributed by atoms with Gasteiger partial charge in [-0.2, -0.15) is 0 Å². The first-order chi connectivity index (χ1) is 12.5. The van der Waals surface area contributed by atoms with E-state index < -0.39 is 6.04 Å². The van der Waals surface area contributed by atoms with Gasteiger partial charge in [0.25, 0.3) is 0 Å². The molecule has 1 saturated heterocycles. The Balaban J connectivity index is 1.79. The third-order valence-corrected chi connectivity index (χ3v) is 5.48. The molecule has 0 bridgehead atoms. The molecule has 5 heteroatoms. The molecule has 2 aromatic carbocycles. The summed E-state index contributed by atoms with van der Waals surface area (Å²) in [4.78, 5) is 16.2. The largest absolute Gasteiger partial charge is 0.369 e. The standard InChI is InChI=1S/C21H26ClN3O/c1-15-5-3-4-6-18(15)21(19(23)14-26)25-11-9-24(10-12-25)20-13-17(22)8-7-16(20)2/h3-8,13-14,19,21H,9-12,23H2,1-2H3. The molecule has 1 aliphatic heterocycles. The molecule has 1 fully saturated rings. The van der Waals surface area contributed by atoms with Crippen LogP contribution in [0.2, 0.25) is 5.02 Å². The number of halogens is 1. The number of nitrogens with zero attached hydrogens (tertiary/aromatic N) is 2. The van der Waals surface area contributed by atoms with Crippen LogP contribution in [0.15, 0.2) is 42.5 Å². The van der Waals surface area contributed by atoms with Crippen molar-refractivity contribution < 1.29 is 4.79 Å². The lowest BCUT2D eigenvalue weighted by atomic mass is 9.94. The number of benzene rings is 2. The predicted molar refractivity (Wildman–Crippen MR) is 108 cm³/mol. The first-order valence-electron chi connectivity index (χ1n) is 9.03. The summed E-state index contributed by atoms with van der Waals surface area (Å²) in [5.41, 5.74) is 10.9. The van der Waals surface area contributed by atoms with Gasteiger partial charge in [-0.1, -0.05) is 41.9 Å². The lowest BCUT2D eigenvalue weighted by molar-refractivity contribution is -0.110. The van der Waals surface area contributed by atoms with Gasteiger partial charge in [0.2, 0.25) is 0 Å². The monoisotopic (exact) mass is 371 g/mol. The summed E-state index contributed by atoms with van der Waals surface area (Å²) in [6.45, 7) is 7.66. The highest BCUT2D eigenvalue weighted by atomic mass is 35.5. The van der Waals surface area contributed by atoms with Crippen LogP contribution in [-0.2, 0) is 4.79 Å². The smallest absolute Gasteiger partial charge is 0.138 e. The summed E-state index contributed by atoms with van der Waals surface area (Å²) >= 11 is 6.18. The molecule has 0 radical (unpaired) electrons. The van der Waals surface area contributed by atoms with Crippen molar-refractivity contribution >= 4 is 23.6 Å². The Morgan fingerprint density at radius 1 is 1.04 bits per heavy atom. The zero-order chi connectivity index (χ0) is 18.7. The molecule has 1 heterocycles. The van der Waals surface area contributed by atoms with Crippen LogP contribution >= 0.6 is 11.6 Å². The summed E-state index contributed by atoms with van der Waals surface area (Å²) in [6, 6.07) is 13.6. The molecule has 0 amide bonds. The maximum Gasteiger partial charge on any atom is 0.138 e. The molecule has 138 valence electrons. The molecule has 4 nitrogen and oxygen atoms in total. The van der Waals surface area contributed by atoms with Crippen molar-refractivity contribution in [2.75, 3.05) is 31.1 Å². The molecule has 2 atom stereocenters. The van der Waals surface area contributed by atoms with E-state index in [0.717, 1.165) is 43.1 Å². The fraction of sp³-hybridized carbons (Fsp3) is 0.381. The Morgan fingerprint density at radius 2 is 1.73 bits per heavy atom. The number of hydrogen-bond acceptors (Lipinski definition) is 4. The number of hydrogen-bond donors (Lipinski definition) is 1. The van der Waals surface area contributed by atoms with E-state index in [1.807, 2.05) is 24.3 Å². The van der Waals surface area contributed by atoms with E-state index >= 15 is 0 Å². The second kappa shape index (κ2) is 8.21. The lowest BCUT2D eigenvalue weighted by Gasteiger charge is -2.42. The van der Waals surface area contributed by atoms with E-state index in [4.69, 9.17) is 17.3 Å². The van der Waals surface area contributed by atoms with Crippen molar-refractivity contribution in [2.45, 2.75) is 25.9 Å². The highest BCUT2D eigenvalue weighted by Crippen LogP contribution is 2.30. The first-order valence-corrected chi connectivity index (χ1v) is 9.40. The third kappa shape index (κ3) is 3.93. The van der Waals surface area contributed by atoms with Crippen LogP contribution in [0.5, 0.6) is 0 Å². The summed E-state index contributed by atoms with van der Waals surface area (Å²) in [5, 5.41) is 0.758. The molecule has 0 aromatic heterocycles. The molecule has 0 aliphatic carbocycles. The van der Waals surface area contributed by atoms with E-state index in [0.29, 0.717) is 0 Å². The minimum absolute atomic E-state index is 0.0868. The number of aryl methyl sites for hydroxylation is 2. The highest BCUT2D eigenvalue weighted by molar-refractivity contribution is 6.30. The SMILES string of the molecule is Cc1ccccc1C(C(N)C=O)N1CCN(c2cc(Cl)ccc2C)CC1. The molecular weight excluding hydrogens is 346 g/mol. The van der Waals surface area contributed by atoms with Gasteiger partial charge >= 0.3 is 0 Å². The molecule has 3 rings (SSSR count). The third-order valence-electron chi connectivity index (χ3n) is 5.25. The predicted octanol–water partition coefficient (Wildman–Crippen LogP) is 3.35. The van der Waals surface area contributed by atoms with Gasteiger partial charge in [0.05, 0.1) is 12.1 Å². The van der Waals surface area contributed by atoms with Crippen molar-refractivity contribution in [2.24, 2.45) is 5.73 Å². The number of anilines is 1. The van der Waals surface area contributed by atoms with Crippen molar-refractivity contribution in [3.8, 4) is 0 Å². The van der Waals surface area contributed by atoms with Gasteiger partial charge in [0.1, 0.15) is 6.29 Å². The Bertz CT molecular complexity index is 772. The Hall–Kier alpha value is -1.88. The number of carbonyl (C=O) groups is 1. The summed E-state index contributed by atoms with van der Waals surface area (Å²) < 4.78 is 0. The van der Waals surface area contributed by atoms with E-state index in [1.165, 1.54) is 16.8 Å². The van der Waals surface area contributed by atoms with Gasteiger partial charge in [-0.25, -0.2) is 0 Å². The first kappa shape index (κ1) is 18.9. The van der Waals surface area contributed by atoms with Gasteiger partial charge in [-0.3, -0.25) is 4.90 Å². The maximum absolute atomic E-state index is 11.5. The number of piperazine rings is 1. The summed E-state index contributed by atoms with van der Waals surface area (Å²) in [7, 11) is 0. The fourth-order valence-electron chi connectivity index (χ4n) is 3.80. The van der Waals surface area contributed by atoms with Crippen molar-refractivity contribution in [3.05, 3.63) is 64.2 Å². The van der Waals surface area contributed by atoms with Crippen LogP contribution < -0.4 is 10.6 Å².